The molecule has 184 valence electrons. The number of nitrogens with one attached hydrogen (secondary N) is 2. The Kier molecular flexibility index (Phi) is 4.61. The topological polar surface area (TPSA) is 105 Å². The summed E-state index contributed by atoms with van der Waals surface area (Å²) in [6.45, 7) is 2.32. The molecule has 0 radical (unpaired) electrons. The van der Waals surface area contributed by atoms with Gasteiger partial charge in [0.2, 0.25) is 11.8 Å². The average molecular weight is 486 g/mol. The Balaban J connectivity index is 1.15. The number of nitrogens with zero attached hydrogens (tertiary/aromatic N) is 1. The third-order valence-corrected chi connectivity index (χ3v) is 8.62. The van der Waals surface area contributed by atoms with Gasteiger partial charge in [0.1, 0.15) is 17.1 Å². The Morgan fingerprint density at radius 3 is 2.92 bits per heavy atom. The average Bonchev–Trinajstić information content (AvgIpc) is 3.69. The van der Waals surface area contributed by atoms with Crippen molar-refractivity contribution in [3.63, 3.8) is 0 Å². The molecule has 2 N–H and O–H groups in total. The van der Waals surface area contributed by atoms with E-state index in [1.54, 1.807) is 23.3 Å². The number of Topliss-reactive ketones (excluding diaryl/α,β-unsaturated/α-hetero) is 1. The van der Waals surface area contributed by atoms with E-state index in [-0.39, 0.29) is 24.0 Å². The molecule has 7 rings (SSSR count). The summed E-state index contributed by atoms with van der Waals surface area (Å²) >= 11 is 0. The second kappa shape index (κ2) is 7.67. The van der Waals surface area contributed by atoms with Crippen LogP contribution in [0.4, 0.5) is 0 Å². The Bertz CT molecular complexity index is 1410. The van der Waals surface area contributed by atoms with Crippen molar-refractivity contribution in [3.05, 3.63) is 72.3 Å². The molecule has 2 aromatic heterocycles. The van der Waals surface area contributed by atoms with Gasteiger partial charge < -0.3 is 24.4 Å². The number of ketones is 1. The summed E-state index contributed by atoms with van der Waals surface area (Å²) in [4.78, 5) is 45.5. The van der Waals surface area contributed by atoms with E-state index in [9.17, 15) is 14.4 Å². The minimum Gasteiger partial charge on any atom is -0.467 e. The lowest BCUT2D eigenvalue weighted by atomic mass is 9.70. The van der Waals surface area contributed by atoms with Crippen molar-refractivity contribution in [2.45, 2.75) is 43.6 Å². The first-order chi connectivity index (χ1) is 17.5. The van der Waals surface area contributed by atoms with Crippen LogP contribution < -0.4 is 5.32 Å². The van der Waals surface area contributed by atoms with E-state index in [0.717, 1.165) is 16.5 Å². The lowest BCUT2D eigenvalue weighted by Crippen LogP contribution is -2.55. The highest BCUT2D eigenvalue weighted by atomic mass is 16.5. The first kappa shape index (κ1) is 21.6. The van der Waals surface area contributed by atoms with Gasteiger partial charge in [-0.1, -0.05) is 37.3 Å². The largest absolute Gasteiger partial charge is 0.467 e. The minimum absolute atomic E-state index is 0.0764. The molecule has 7 atom stereocenters. The molecule has 0 aliphatic carbocycles. The summed E-state index contributed by atoms with van der Waals surface area (Å²) in [6, 6.07) is 10.7. The van der Waals surface area contributed by atoms with E-state index in [1.807, 2.05) is 43.5 Å². The van der Waals surface area contributed by atoms with Gasteiger partial charge in [-0.15, -0.1) is 0 Å². The normalized spacial score (nSPS) is 34.4. The maximum absolute atomic E-state index is 14.0. The van der Waals surface area contributed by atoms with Gasteiger partial charge in [-0.05, 0) is 30.2 Å². The molecule has 2 amide bonds. The fourth-order valence-corrected chi connectivity index (χ4v) is 7.04. The van der Waals surface area contributed by atoms with Crippen LogP contribution in [0.25, 0.3) is 10.9 Å². The fourth-order valence-electron chi connectivity index (χ4n) is 7.04. The number of amides is 2. The molecule has 0 saturated carbocycles. The molecule has 36 heavy (non-hydrogen) atoms. The van der Waals surface area contributed by atoms with E-state index in [1.165, 1.54) is 0 Å². The number of ether oxygens (including phenoxy) is 1. The molecule has 3 saturated heterocycles. The van der Waals surface area contributed by atoms with Gasteiger partial charge in [-0.3, -0.25) is 14.4 Å². The van der Waals surface area contributed by atoms with Gasteiger partial charge in [-0.2, -0.15) is 0 Å². The van der Waals surface area contributed by atoms with Gasteiger partial charge >= 0.3 is 0 Å². The first-order valence-electron chi connectivity index (χ1n) is 12.6. The number of hydrogen-bond acceptors (Lipinski definition) is 5. The number of rotatable bonds is 5. The smallest absolute Gasteiger partial charge is 0.230 e. The van der Waals surface area contributed by atoms with E-state index >= 15 is 0 Å². The van der Waals surface area contributed by atoms with Crippen molar-refractivity contribution in [2.75, 3.05) is 6.54 Å². The van der Waals surface area contributed by atoms with Crippen molar-refractivity contribution >= 4 is 28.5 Å². The molecule has 4 aliphatic heterocycles. The second-order valence-corrected chi connectivity index (χ2v) is 10.4. The van der Waals surface area contributed by atoms with Crippen LogP contribution in [0.2, 0.25) is 0 Å². The molecule has 8 heteroatoms. The minimum atomic E-state index is -0.971. The number of carbonyl (C=O) groups excluding carboxylic acids is 3. The Morgan fingerprint density at radius 1 is 1.22 bits per heavy atom. The summed E-state index contributed by atoms with van der Waals surface area (Å²) in [5, 5.41) is 4.20. The Labute approximate surface area is 207 Å². The van der Waals surface area contributed by atoms with E-state index in [4.69, 9.17) is 9.15 Å². The van der Waals surface area contributed by atoms with E-state index < -0.39 is 41.5 Å². The predicted octanol–water partition coefficient (Wildman–Crippen LogP) is 2.92. The van der Waals surface area contributed by atoms with Crippen molar-refractivity contribution in [1.82, 2.24) is 15.2 Å². The highest BCUT2D eigenvalue weighted by Crippen LogP contribution is 2.59. The molecular formula is C28H27N3O5. The molecule has 4 aliphatic rings. The van der Waals surface area contributed by atoms with Gasteiger partial charge in [0.25, 0.3) is 0 Å². The highest BCUT2D eigenvalue weighted by Gasteiger charge is 2.74. The first-order valence-corrected chi connectivity index (χ1v) is 12.6. The number of hydrogen-bond donors (Lipinski definition) is 2. The fraction of sp³-hybridized carbons (Fsp3) is 0.393. The lowest BCUT2D eigenvalue weighted by Gasteiger charge is -2.43. The number of benzene rings is 1. The summed E-state index contributed by atoms with van der Waals surface area (Å²) < 4.78 is 12.0. The number of H-pyrrole nitrogens is 1. The van der Waals surface area contributed by atoms with Crippen molar-refractivity contribution in [1.29, 1.82) is 0 Å². The predicted molar refractivity (Wildman–Crippen MR) is 130 cm³/mol. The van der Waals surface area contributed by atoms with Crippen LogP contribution in [0.1, 0.15) is 30.7 Å². The maximum atomic E-state index is 14.0. The van der Waals surface area contributed by atoms with Crippen LogP contribution in [0, 0.1) is 17.8 Å². The Morgan fingerprint density at radius 2 is 2.08 bits per heavy atom. The maximum Gasteiger partial charge on any atom is 0.230 e. The van der Waals surface area contributed by atoms with Gasteiger partial charge in [0.05, 0.1) is 36.3 Å². The third-order valence-electron chi connectivity index (χ3n) is 8.62. The number of carbonyl (C=O) groups is 3. The molecular weight excluding hydrogens is 458 g/mol. The molecule has 0 unspecified atom stereocenters. The number of aromatic nitrogens is 1. The van der Waals surface area contributed by atoms with E-state index in [2.05, 4.69) is 16.4 Å². The lowest BCUT2D eigenvalue weighted by molar-refractivity contribution is -0.148. The standard InChI is InChI=1S/C28H27N3O5/c1-15-20(32)13-19(21-7-4-12-35-21)31-25(15)28-10-8-22(36-28)23(24(28)27(31)34)26(33)29-11-9-16-14-30-18-6-3-2-5-17(16)18/h2-8,10,12,14-15,19,22-25,30H,9,11,13H2,1H3,(H,29,33)/t15-,19-,22+,23-,24+,25-,28+/m1/s1. The monoisotopic (exact) mass is 485 g/mol. The molecule has 8 nitrogen and oxygen atoms in total. The van der Waals surface area contributed by atoms with Crippen LogP contribution >= 0.6 is 0 Å². The SMILES string of the molecule is C[C@@H]1C(=O)C[C@H](c2ccco2)N2C(=O)[C@@H]3[C@H](C(=O)NCCc4c[nH]c5ccccc45)[C@@H]4C=C[C@@]3(O4)[C@@H]12. The summed E-state index contributed by atoms with van der Waals surface area (Å²) in [7, 11) is 0. The van der Waals surface area contributed by atoms with Crippen LogP contribution in [-0.4, -0.2) is 51.8 Å². The van der Waals surface area contributed by atoms with Crippen LogP contribution in [0.3, 0.4) is 0 Å². The number of aromatic amines is 1. The van der Waals surface area contributed by atoms with E-state index in [0.29, 0.717) is 18.7 Å². The summed E-state index contributed by atoms with van der Waals surface area (Å²) in [6.07, 6.45) is 7.75. The summed E-state index contributed by atoms with van der Waals surface area (Å²) in [5.74, 6) is -1.33. The summed E-state index contributed by atoms with van der Waals surface area (Å²) in [5.41, 5.74) is 1.23. The highest BCUT2D eigenvalue weighted by molar-refractivity contribution is 5.96. The molecule has 1 spiro atoms. The second-order valence-electron chi connectivity index (χ2n) is 10.4. The molecule has 6 heterocycles. The van der Waals surface area contributed by atoms with Gasteiger partial charge in [0.15, 0.2) is 0 Å². The molecule has 2 bridgehead atoms. The van der Waals surface area contributed by atoms with Gasteiger partial charge in [0, 0.05) is 36.0 Å². The quantitative estimate of drug-likeness (QED) is 0.541. The number of piperidine rings is 1. The van der Waals surface area contributed by atoms with Crippen molar-refractivity contribution < 1.29 is 23.5 Å². The zero-order chi connectivity index (χ0) is 24.6. The Hall–Kier alpha value is -3.65. The zero-order valence-corrected chi connectivity index (χ0v) is 19.8. The third kappa shape index (κ3) is 2.82. The van der Waals surface area contributed by atoms with Crippen LogP contribution in [-0.2, 0) is 25.5 Å². The van der Waals surface area contributed by atoms with Crippen molar-refractivity contribution in [2.24, 2.45) is 17.8 Å². The number of para-hydroxylation sites is 1. The molecule has 3 fully saturated rings. The van der Waals surface area contributed by atoms with Crippen LogP contribution in [0.5, 0.6) is 0 Å². The van der Waals surface area contributed by atoms with Crippen LogP contribution in [0.15, 0.2) is 65.4 Å². The van der Waals surface area contributed by atoms with Crippen molar-refractivity contribution in [3.8, 4) is 0 Å². The van der Waals surface area contributed by atoms with Gasteiger partial charge in [-0.25, -0.2) is 0 Å². The molecule has 3 aromatic rings. The number of furan rings is 1. The number of fused-ring (bicyclic) bond motifs is 3. The zero-order valence-electron chi connectivity index (χ0n) is 19.8. The molecule has 1 aromatic carbocycles.